The number of amides is 2. The van der Waals surface area contributed by atoms with E-state index in [9.17, 15) is 9.59 Å². The van der Waals surface area contributed by atoms with E-state index in [-0.39, 0.29) is 11.8 Å². The zero-order valence-electron chi connectivity index (χ0n) is 17.1. The third-order valence-electron chi connectivity index (χ3n) is 4.58. The number of benzene rings is 2. The Kier molecular flexibility index (Phi) is 7.16. The molecular weight excluding hydrogens is 378 g/mol. The summed E-state index contributed by atoms with van der Waals surface area (Å²) < 4.78 is 5.85. The highest BCUT2D eigenvalue weighted by molar-refractivity contribution is 6.07. The first-order valence-corrected chi connectivity index (χ1v) is 9.84. The standard InChI is InChI=1S/C24H25N3O3/c1-17-8-5-9-18(2)23(17)30-15-7-13-22(28)26-20-11-3-4-12-21(20)27-24(29)19-10-6-14-25-16-19/h3-6,8-12,14,16H,7,13,15H2,1-2H3,(H,26,28)(H,27,29). The predicted octanol–water partition coefficient (Wildman–Crippen LogP) is 4.75. The fourth-order valence-electron chi connectivity index (χ4n) is 3.04. The molecule has 0 saturated carbocycles. The first kappa shape index (κ1) is 21.0. The van der Waals surface area contributed by atoms with Gasteiger partial charge >= 0.3 is 0 Å². The van der Waals surface area contributed by atoms with Gasteiger partial charge in [0.2, 0.25) is 5.91 Å². The van der Waals surface area contributed by atoms with Crippen molar-refractivity contribution in [2.75, 3.05) is 17.2 Å². The van der Waals surface area contributed by atoms with E-state index < -0.39 is 0 Å². The maximum Gasteiger partial charge on any atom is 0.257 e. The van der Waals surface area contributed by atoms with Gasteiger partial charge in [0.25, 0.3) is 5.91 Å². The molecule has 3 aromatic rings. The molecule has 0 fully saturated rings. The fourth-order valence-corrected chi connectivity index (χ4v) is 3.04. The van der Waals surface area contributed by atoms with Crippen molar-refractivity contribution in [1.82, 2.24) is 4.98 Å². The van der Waals surface area contributed by atoms with Crippen molar-refractivity contribution < 1.29 is 14.3 Å². The normalized spacial score (nSPS) is 10.3. The highest BCUT2D eigenvalue weighted by Crippen LogP contribution is 2.23. The van der Waals surface area contributed by atoms with Crippen LogP contribution in [0.15, 0.2) is 67.0 Å². The average Bonchev–Trinajstić information content (AvgIpc) is 2.75. The van der Waals surface area contributed by atoms with Gasteiger partial charge in [-0.1, -0.05) is 30.3 Å². The van der Waals surface area contributed by atoms with E-state index >= 15 is 0 Å². The van der Waals surface area contributed by atoms with E-state index in [1.54, 1.807) is 42.6 Å². The zero-order chi connectivity index (χ0) is 21.3. The number of para-hydroxylation sites is 3. The molecular formula is C24H25N3O3. The zero-order valence-corrected chi connectivity index (χ0v) is 17.1. The molecule has 0 aliphatic rings. The first-order chi connectivity index (χ1) is 14.5. The molecule has 0 atom stereocenters. The van der Waals surface area contributed by atoms with Crippen LogP contribution in [0.1, 0.15) is 34.3 Å². The maximum absolute atomic E-state index is 12.4. The number of aryl methyl sites for hydroxylation is 2. The number of nitrogens with one attached hydrogen (secondary N) is 2. The second kappa shape index (κ2) is 10.2. The summed E-state index contributed by atoms with van der Waals surface area (Å²) in [4.78, 5) is 28.7. The van der Waals surface area contributed by atoms with E-state index in [2.05, 4.69) is 15.6 Å². The van der Waals surface area contributed by atoms with E-state index in [0.29, 0.717) is 36.4 Å². The number of hydrogen-bond donors (Lipinski definition) is 2. The highest BCUT2D eigenvalue weighted by atomic mass is 16.5. The SMILES string of the molecule is Cc1cccc(C)c1OCCCC(=O)Nc1ccccc1NC(=O)c1cccnc1. The lowest BCUT2D eigenvalue weighted by molar-refractivity contribution is -0.116. The number of carbonyl (C=O) groups is 2. The Balaban J connectivity index is 1.52. The summed E-state index contributed by atoms with van der Waals surface area (Å²) >= 11 is 0. The van der Waals surface area contributed by atoms with Crippen LogP contribution in [-0.2, 0) is 4.79 Å². The lowest BCUT2D eigenvalue weighted by Crippen LogP contribution is -2.17. The van der Waals surface area contributed by atoms with Crippen LogP contribution < -0.4 is 15.4 Å². The van der Waals surface area contributed by atoms with Crippen LogP contribution in [0.3, 0.4) is 0 Å². The molecule has 1 heterocycles. The van der Waals surface area contributed by atoms with Crippen LogP contribution in [0, 0.1) is 13.8 Å². The van der Waals surface area contributed by atoms with E-state index in [4.69, 9.17) is 4.74 Å². The quantitative estimate of drug-likeness (QED) is 0.532. The number of rotatable bonds is 8. The van der Waals surface area contributed by atoms with Crippen LogP contribution in [-0.4, -0.2) is 23.4 Å². The van der Waals surface area contributed by atoms with Crippen molar-refractivity contribution in [3.05, 3.63) is 83.7 Å². The topological polar surface area (TPSA) is 80.3 Å². The molecule has 0 saturated heterocycles. The van der Waals surface area contributed by atoms with Crippen LogP contribution in [0.25, 0.3) is 0 Å². The Morgan fingerprint density at radius 1 is 0.900 bits per heavy atom. The fraction of sp³-hybridized carbons (Fsp3) is 0.208. The van der Waals surface area contributed by atoms with Gasteiger partial charge in [-0.2, -0.15) is 0 Å². The molecule has 6 nitrogen and oxygen atoms in total. The largest absolute Gasteiger partial charge is 0.493 e. The summed E-state index contributed by atoms with van der Waals surface area (Å²) in [7, 11) is 0. The molecule has 0 bridgehead atoms. The Morgan fingerprint density at radius 3 is 2.27 bits per heavy atom. The Hall–Kier alpha value is -3.67. The van der Waals surface area contributed by atoms with Crippen LogP contribution >= 0.6 is 0 Å². The average molecular weight is 403 g/mol. The summed E-state index contributed by atoms with van der Waals surface area (Å²) in [5, 5.41) is 5.68. The van der Waals surface area contributed by atoms with E-state index in [1.807, 2.05) is 32.0 Å². The number of carbonyl (C=O) groups excluding carboxylic acids is 2. The summed E-state index contributed by atoms with van der Waals surface area (Å²) in [5.41, 5.74) is 3.69. The van der Waals surface area contributed by atoms with Crippen LogP contribution in [0.5, 0.6) is 5.75 Å². The van der Waals surface area contributed by atoms with Crippen molar-refractivity contribution in [3.63, 3.8) is 0 Å². The lowest BCUT2D eigenvalue weighted by Gasteiger charge is -2.13. The summed E-state index contributed by atoms with van der Waals surface area (Å²) in [6.45, 7) is 4.47. The smallest absolute Gasteiger partial charge is 0.257 e. The molecule has 0 unspecified atom stereocenters. The molecule has 0 spiro atoms. The van der Waals surface area contributed by atoms with Gasteiger partial charge in [0.1, 0.15) is 5.75 Å². The number of ether oxygens (including phenoxy) is 1. The third-order valence-corrected chi connectivity index (χ3v) is 4.58. The molecule has 0 radical (unpaired) electrons. The second-order valence-corrected chi connectivity index (χ2v) is 6.96. The summed E-state index contributed by atoms with van der Waals surface area (Å²) in [6, 6.07) is 16.5. The molecule has 154 valence electrons. The van der Waals surface area contributed by atoms with Gasteiger partial charge in [0, 0.05) is 18.8 Å². The van der Waals surface area contributed by atoms with Crippen molar-refractivity contribution in [1.29, 1.82) is 0 Å². The van der Waals surface area contributed by atoms with Crippen molar-refractivity contribution in [3.8, 4) is 5.75 Å². The molecule has 2 N–H and O–H groups in total. The highest BCUT2D eigenvalue weighted by Gasteiger charge is 2.11. The van der Waals surface area contributed by atoms with E-state index in [1.165, 1.54) is 6.20 Å². The number of hydrogen-bond acceptors (Lipinski definition) is 4. The third kappa shape index (κ3) is 5.67. The van der Waals surface area contributed by atoms with Crippen molar-refractivity contribution in [2.24, 2.45) is 0 Å². The molecule has 2 amide bonds. The van der Waals surface area contributed by atoms with Crippen LogP contribution in [0.2, 0.25) is 0 Å². The molecule has 0 aliphatic carbocycles. The number of pyridine rings is 1. The monoisotopic (exact) mass is 403 g/mol. The Morgan fingerprint density at radius 2 is 1.60 bits per heavy atom. The number of nitrogens with zero attached hydrogens (tertiary/aromatic N) is 1. The van der Waals surface area contributed by atoms with E-state index in [0.717, 1.165) is 16.9 Å². The minimum Gasteiger partial charge on any atom is -0.493 e. The van der Waals surface area contributed by atoms with Crippen molar-refractivity contribution in [2.45, 2.75) is 26.7 Å². The Bertz CT molecular complexity index is 999. The summed E-state index contributed by atoms with van der Waals surface area (Å²) in [6.07, 6.45) is 4.00. The molecule has 3 rings (SSSR count). The van der Waals surface area contributed by atoms with Gasteiger partial charge in [0.15, 0.2) is 0 Å². The van der Waals surface area contributed by atoms with Gasteiger partial charge in [-0.25, -0.2) is 0 Å². The molecule has 2 aromatic carbocycles. The summed E-state index contributed by atoms with van der Waals surface area (Å²) in [5.74, 6) is 0.455. The van der Waals surface area contributed by atoms with Crippen LogP contribution in [0.4, 0.5) is 11.4 Å². The molecule has 6 heteroatoms. The first-order valence-electron chi connectivity index (χ1n) is 9.84. The number of anilines is 2. The minimum absolute atomic E-state index is 0.136. The van der Waals surface area contributed by atoms with Gasteiger partial charge in [-0.3, -0.25) is 14.6 Å². The van der Waals surface area contributed by atoms with Gasteiger partial charge in [0.05, 0.1) is 23.5 Å². The minimum atomic E-state index is -0.285. The molecule has 0 aliphatic heterocycles. The van der Waals surface area contributed by atoms with Gasteiger partial charge in [-0.05, 0) is 55.7 Å². The lowest BCUT2D eigenvalue weighted by atomic mass is 10.1. The molecule has 30 heavy (non-hydrogen) atoms. The Labute approximate surface area is 176 Å². The van der Waals surface area contributed by atoms with Crippen molar-refractivity contribution >= 4 is 23.2 Å². The maximum atomic E-state index is 12.4. The van der Waals surface area contributed by atoms with Gasteiger partial charge < -0.3 is 15.4 Å². The predicted molar refractivity (Wildman–Crippen MR) is 118 cm³/mol. The van der Waals surface area contributed by atoms with Gasteiger partial charge in [-0.15, -0.1) is 0 Å². The molecule has 1 aromatic heterocycles. The second-order valence-electron chi connectivity index (χ2n) is 6.96. The number of aromatic nitrogens is 1.